The molecule has 5 heteroatoms. The largest absolute Gasteiger partial charge is 0.347 e. The molecule has 2 amide bonds. The van der Waals surface area contributed by atoms with E-state index in [-0.39, 0.29) is 36.5 Å². The summed E-state index contributed by atoms with van der Waals surface area (Å²) in [6.07, 6.45) is 0.234. The van der Waals surface area contributed by atoms with E-state index in [1.165, 1.54) is 24.3 Å². The normalized spacial score (nSPS) is 10.5. The van der Waals surface area contributed by atoms with Gasteiger partial charge in [-0.3, -0.25) is 9.59 Å². The second kappa shape index (κ2) is 9.46. The molecule has 0 unspecified atom stereocenters. The summed E-state index contributed by atoms with van der Waals surface area (Å²) in [5, 5.41) is 5.28. The highest BCUT2D eigenvalue weighted by Gasteiger charge is 2.18. The maximum Gasteiger partial charge on any atom is 0.243 e. The average Bonchev–Trinajstić information content (AvgIpc) is 2.73. The first kappa shape index (κ1) is 19.3. The number of hydrogen-bond acceptors (Lipinski definition) is 2. The van der Waals surface area contributed by atoms with Gasteiger partial charge in [0.05, 0.1) is 6.54 Å². The molecule has 0 radical (unpaired) electrons. The smallest absolute Gasteiger partial charge is 0.243 e. The molecule has 0 aromatic heterocycles. The van der Waals surface area contributed by atoms with Crippen LogP contribution >= 0.6 is 0 Å². The number of carbonyl (C=O) groups is 2. The number of anilines is 1. The molecule has 3 rings (SSSR count). The van der Waals surface area contributed by atoms with E-state index in [9.17, 15) is 14.0 Å². The van der Waals surface area contributed by atoms with Gasteiger partial charge in [0.15, 0.2) is 0 Å². The van der Waals surface area contributed by atoms with Crippen LogP contribution in [0.2, 0.25) is 0 Å². The third-order valence-corrected chi connectivity index (χ3v) is 4.37. The number of rotatable bonds is 7. The van der Waals surface area contributed by atoms with E-state index < -0.39 is 0 Å². The van der Waals surface area contributed by atoms with Gasteiger partial charge in [0.25, 0.3) is 0 Å². The van der Waals surface area contributed by atoms with Crippen molar-refractivity contribution in [1.29, 1.82) is 0 Å². The molecule has 28 heavy (non-hydrogen) atoms. The highest BCUT2D eigenvalue weighted by molar-refractivity contribution is 5.94. The zero-order valence-corrected chi connectivity index (χ0v) is 15.3. The summed E-state index contributed by atoms with van der Waals surface area (Å²) in [7, 11) is 0. The number of halogens is 1. The minimum absolute atomic E-state index is 0.0949. The van der Waals surface area contributed by atoms with E-state index in [0.29, 0.717) is 5.69 Å². The van der Waals surface area contributed by atoms with Crippen LogP contribution in [0.25, 0.3) is 0 Å². The fourth-order valence-corrected chi connectivity index (χ4v) is 2.97. The van der Waals surface area contributed by atoms with E-state index in [0.717, 1.165) is 11.1 Å². The summed E-state index contributed by atoms with van der Waals surface area (Å²) in [6, 6.07) is 25.1. The number of hydrogen-bond donors (Lipinski definition) is 2. The monoisotopic (exact) mass is 376 g/mol. The zero-order chi connectivity index (χ0) is 19.8. The van der Waals surface area contributed by atoms with Crippen molar-refractivity contribution >= 4 is 17.5 Å². The first-order valence-corrected chi connectivity index (χ1v) is 9.04. The lowest BCUT2D eigenvalue weighted by atomic mass is 9.88. The van der Waals surface area contributed by atoms with Crippen molar-refractivity contribution < 1.29 is 14.0 Å². The van der Waals surface area contributed by atoms with Gasteiger partial charge >= 0.3 is 0 Å². The van der Waals surface area contributed by atoms with E-state index in [4.69, 9.17) is 0 Å². The lowest BCUT2D eigenvalue weighted by Gasteiger charge is -2.18. The molecule has 0 atom stereocenters. The van der Waals surface area contributed by atoms with Crippen LogP contribution in [0.1, 0.15) is 23.5 Å². The van der Waals surface area contributed by atoms with Gasteiger partial charge in [-0.2, -0.15) is 0 Å². The van der Waals surface area contributed by atoms with Crippen molar-refractivity contribution in [3.8, 4) is 0 Å². The molecule has 0 fully saturated rings. The fourth-order valence-electron chi connectivity index (χ4n) is 2.97. The zero-order valence-electron chi connectivity index (χ0n) is 15.3. The molecule has 0 aliphatic rings. The number of amides is 2. The second-order valence-electron chi connectivity index (χ2n) is 6.41. The van der Waals surface area contributed by atoms with Crippen LogP contribution < -0.4 is 10.6 Å². The molecule has 0 spiro atoms. The lowest BCUT2D eigenvalue weighted by molar-refractivity contribution is -0.124. The molecule has 0 heterocycles. The minimum atomic E-state index is -0.376. The van der Waals surface area contributed by atoms with Crippen molar-refractivity contribution in [1.82, 2.24) is 5.32 Å². The van der Waals surface area contributed by atoms with Crippen LogP contribution in [0, 0.1) is 5.82 Å². The van der Waals surface area contributed by atoms with E-state index in [1.807, 2.05) is 60.7 Å². The summed E-state index contributed by atoms with van der Waals surface area (Å²) in [5.41, 5.74) is 2.56. The van der Waals surface area contributed by atoms with Gasteiger partial charge in [-0.05, 0) is 35.4 Å². The Kier molecular flexibility index (Phi) is 6.52. The SMILES string of the molecule is O=C(CC(c1ccccc1)c1ccccc1)NCC(=O)Nc1ccc(F)cc1. The Labute approximate surface area is 163 Å². The molecule has 0 bridgehead atoms. The topological polar surface area (TPSA) is 58.2 Å². The number of nitrogens with one attached hydrogen (secondary N) is 2. The Morgan fingerprint density at radius 3 is 1.82 bits per heavy atom. The van der Waals surface area contributed by atoms with Crippen LogP contribution in [0.3, 0.4) is 0 Å². The Morgan fingerprint density at radius 1 is 0.750 bits per heavy atom. The average molecular weight is 376 g/mol. The lowest BCUT2D eigenvalue weighted by Crippen LogP contribution is -2.33. The molecular weight excluding hydrogens is 355 g/mol. The molecule has 0 aliphatic carbocycles. The summed E-state index contributed by atoms with van der Waals surface area (Å²) >= 11 is 0. The quantitative estimate of drug-likeness (QED) is 0.652. The van der Waals surface area contributed by atoms with Crippen molar-refractivity contribution in [2.24, 2.45) is 0 Å². The summed E-state index contributed by atoms with van der Waals surface area (Å²) in [4.78, 5) is 24.5. The highest BCUT2D eigenvalue weighted by Crippen LogP contribution is 2.27. The van der Waals surface area contributed by atoms with Gasteiger partial charge in [0.2, 0.25) is 11.8 Å². The Morgan fingerprint density at radius 2 is 1.29 bits per heavy atom. The Balaban J connectivity index is 1.59. The molecule has 0 saturated heterocycles. The first-order chi connectivity index (χ1) is 13.6. The van der Waals surface area contributed by atoms with Crippen LogP contribution in [-0.2, 0) is 9.59 Å². The molecule has 4 nitrogen and oxygen atoms in total. The fraction of sp³-hybridized carbons (Fsp3) is 0.130. The molecule has 0 saturated carbocycles. The maximum atomic E-state index is 12.9. The number of carbonyl (C=O) groups excluding carboxylic acids is 2. The predicted octanol–water partition coefficient (Wildman–Crippen LogP) is 4.10. The molecule has 3 aromatic carbocycles. The predicted molar refractivity (Wildman–Crippen MR) is 107 cm³/mol. The first-order valence-electron chi connectivity index (χ1n) is 9.04. The van der Waals surface area contributed by atoms with Gasteiger partial charge in [-0.15, -0.1) is 0 Å². The number of benzene rings is 3. The Hall–Kier alpha value is -3.47. The molecule has 3 aromatic rings. The summed E-state index contributed by atoms with van der Waals surface area (Å²) in [5.74, 6) is -1.05. The van der Waals surface area contributed by atoms with Gasteiger partial charge in [0.1, 0.15) is 5.82 Å². The second-order valence-corrected chi connectivity index (χ2v) is 6.41. The van der Waals surface area contributed by atoms with E-state index in [1.54, 1.807) is 0 Å². The van der Waals surface area contributed by atoms with Crippen LogP contribution in [-0.4, -0.2) is 18.4 Å². The van der Waals surface area contributed by atoms with Crippen LogP contribution in [0.5, 0.6) is 0 Å². The van der Waals surface area contributed by atoms with E-state index >= 15 is 0 Å². The summed E-state index contributed by atoms with van der Waals surface area (Å²) in [6.45, 7) is -0.146. The molecular formula is C23H21FN2O2. The third kappa shape index (κ3) is 5.51. The standard InChI is InChI=1S/C23H21FN2O2/c24-19-11-13-20(14-12-19)26-23(28)16-25-22(27)15-21(17-7-3-1-4-8-17)18-9-5-2-6-10-18/h1-14,21H,15-16H2,(H,25,27)(H,26,28). The van der Waals surface area contributed by atoms with Gasteiger partial charge in [-0.1, -0.05) is 60.7 Å². The van der Waals surface area contributed by atoms with Gasteiger partial charge in [-0.25, -0.2) is 4.39 Å². The Bertz CT molecular complexity index is 873. The molecule has 142 valence electrons. The van der Waals surface area contributed by atoms with Crippen LogP contribution in [0.4, 0.5) is 10.1 Å². The van der Waals surface area contributed by atoms with Crippen molar-refractivity contribution in [3.63, 3.8) is 0 Å². The van der Waals surface area contributed by atoms with Gasteiger partial charge < -0.3 is 10.6 Å². The van der Waals surface area contributed by atoms with Crippen molar-refractivity contribution in [2.45, 2.75) is 12.3 Å². The van der Waals surface area contributed by atoms with Crippen LogP contribution in [0.15, 0.2) is 84.9 Å². The molecule has 0 aliphatic heterocycles. The third-order valence-electron chi connectivity index (χ3n) is 4.37. The summed E-state index contributed by atoms with van der Waals surface area (Å²) < 4.78 is 12.9. The van der Waals surface area contributed by atoms with Crippen molar-refractivity contribution in [2.75, 3.05) is 11.9 Å². The minimum Gasteiger partial charge on any atom is -0.347 e. The maximum absolute atomic E-state index is 12.9. The van der Waals surface area contributed by atoms with E-state index in [2.05, 4.69) is 10.6 Å². The van der Waals surface area contributed by atoms with Crippen molar-refractivity contribution in [3.05, 3.63) is 102 Å². The molecule has 2 N–H and O–H groups in total. The highest BCUT2D eigenvalue weighted by atomic mass is 19.1. The van der Waals surface area contributed by atoms with Gasteiger partial charge in [0, 0.05) is 18.0 Å².